The van der Waals surface area contributed by atoms with E-state index in [2.05, 4.69) is 5.32 Å². The van der Waals surface area contributed by atoms with Gasteiger partial charge in [-0.25, -0.2) is 0 Å². The highest BCUT2D eigenvalue weighted by Gasteiger charge is 2.21. The number of aliphatic hydroxyl groups is 1. The number of aryl methyl sites for hydroxylation is 1. The molecule has 1 rings (SSSR count). The van der Waals surface area contributed by atoms with Crippen molar-refractivity contribution in [2.24, 2.45) is 0 Å². The van der Waals surface area contributed by atoms with Gasteiger partial charge in [-0.2, -0.15) is 11.8 Å². The average Bonchev–Trinajstić information content (AvgIpc) is 2.74. The molecule has 0 aromatic carbocycles. The molecule has 0 aliphatic rings. The molecule has 17 heavy (non-hydrogen) atoms. The van der Waals surface area contributed by atoms with Crippen LogP contribution < -0.4 is 5.32 Å². The van der Waals surface area contributed by atoms with Gasteiger partial charge in [0.2, 0.25) is 0 Å². The third kappa shape index (κ3) is 4.44. The van der Waals surface area contributed by atoms with Crippen molar-refractivity contribution in [1.82, 2.24) is 5.32 Å². The van der Waals surface area contributed by atoms with Gasteiger partial charge in [0.05, 0.1) is 5.60 Å². The van der Waals surface area contributed by atoms with Crippen LogP contribution in [0.3, 0.4) is 0 Å². The van der Waals surface area contributed by atoms with Crippen LogP contribution in [0.15, 0.2) is 16.5 Å². The molecule has 0 radical (unpaired) electrons. The number of rotatable bonds is 6. The number of nitrogens with one attached hydrogen (secondary N) is 1. The molecule has 5 heteroatoms. The van der Waals surface area contributed by atoms with Gasteiger partial charge in [-0.1, -0.05) is 6.92 Å². The molecule has 4 nitrogen and oxygen atoms in total. The van der Waals surface area contributed by atoms with Gasteiger partial charge in [0.15, 0.2) is 5.76 Å². The van der Waals surface area contributed by atoms with Crippen LogP contribution in [0.5, 0.6) is 0 Å². The van der Waals surface area contributed by atoms with E-state index in [9.17, 15) is 9.90 Å². The van der Waals surface area contributed by atoms with Crippen LogP contribution in [-0.4, -0.2) is 35.2 Å². The lowest BCUT2D eigenvalue weighted by atomic mass is 10.1. The van der Waals surface area contributed by atoms with Crippen LogP contribution in [0.4, 0.5) is 0 Å². The maximum absolute atomic E-state index is 11.7. The van der Waals surface area contributed by atoms with Crippen LogP contribution in [-0.2, 0) is 6.42 Å². The van der Waals surface area contributed by atoms with Gasteiger partial charge >= 0.3 is 0 Å². The molecule has 0 spiro atoms. The molecule has 0 aliphatic carbocycles. The Hall–Kier alpha value is -0.940. The van der Waals surface area contributed by atoms with Gasteiger partial charge in [-0.3, -0.25) is 4.79 Å². The van der Waals surface area contributed by atoms with E-state index in [-0.39, 0.29) is 12.5 Å². The molecular formula is C12H19NO3S. The van der Waals surface area contributed by atoms with E-state index < -0.39 is 5.60 Å². The highest BCUT2D eigenvalue weighted by atomic mass is 32.2. The molecule has 1 amide bonds. The van der Waals surface area contributed by atoms with Crippen molar-refractivity contribution < 1.29 is 14.3 Å². The van der Waals surface area contributed by atoms with Crippen molar-refractivity contribution in [3.8, 4) is 0 Å². The average molecular weight is 257 g/mol. The zero-order valence-corrected chi connectivity index (χ0v) is 11.3. The first-order valence-electron chi connectivity index (χ1n) is 5.56. The van der Waals surface area contributed by atoms with Crippen molar-refractivity contribution >= 4 is 17.7 Å². The molecule has 96 valence electrons. The summed E-state index contributed by atoms with van der Waals surface area (Å²) in [6.07, 6.45) is 2.67. The summed E-state index contributed by atoms with van der Waals surface area (Å²) in [5.74, 6) is 1.37. The summed E-state index contributed by atoms with van der Waals surface area (Å²) in [4.78, 5) is 11.7. The molecule has 0 saturated heterocycles. The summed E-state index contributed by atoms with van der Waals surface area (Å²) in [7, 11) is 0. The number of furan rings is 1. The molecule has 1 heterocycles. The monoisotopic (exact) mass is 257 g/mol. The summed E-state index contributed by atoms with van der Waals surface area (Å²) >= 11 is 1.54. The lowest BCUT2D eigenvalue weighted by Gasteiger charge is -2.22. The largest absolute Gasteiger partial charge is 0.456 e. The Morgan fingerprint density at radius 2 is 2.29 bits per heavy atom. The lowest BCUT2D eigenvalue weighted by Crippen LogP contribution is -2.42. The molecule has 0 aliphatic heterocycles. The zero-order chi connectivity index (χ0) is 12.9. The van der Waals surface area contributed by atoms with Crippen molar-refractivity contribution in [2.75, 3.05) is 18.6 Å². The van der Waals surface area contributed by atoms with Crippen LogP contribution in [0.25, 0.3) is 0 Å². The minimum atomic E-state index is -0.894. The first-order valence-corrected chi connectivity index (χ1v) is 6.96. The maximum Gasteiger partial charge on any atom is 0.287 e. The van der Waals surface area contributed by atoms with Crippen LogP contribution in [0.1, 0.15) is 30.2 Å². The van der Waals surface area contributed by atoms with E-state index in [1.54, 1.807) is 19.1 Å². The second kappa shape index (κ2) is 6.12. The topological polar surface area (TPSA) is 62.5 Å². The Balaban J connectivity index is 2.49. The fourth-order valence-electron chi connectivity index (χ4n) is 1.41. The van der Waals surface area contributed by atoms with Crippen molar-refractivity contribution in [2.45, 2.75) is 25.9 Å². The van der Waals surface area contributed by atoms with Gasteiger partial charge < -0.3 is 14.8 Å². The molecule has 1 aromatic rings. The van der Waals surface area contributed by atoms with Crippen molar-refractivity contribution in [3.05, 3.63) is 23.7 Å². The fourth-order valence-corrected chi connectivity index (χ4v) is 2.13. The lowest BCUT2D eigenvalue weighted by molar-refractivity contribution is 0.0709. The van der Waals surface area contributed by atoms with Gasteiger partial charge in [0.1, 0.15) is 5.76 Å². The zero-order valence-electron chi connectivity index (χ0n) is 10.4. The van der Waals surface area contributed by atoms with E-state index in [0.29, 0.717) is 11.5 Å². The number of amides is 1. The van der Waals surface area contributed by atoms with Crippen molar-refractivity contribution in [1.29, 1.82) is 0 Å². The number of hydrogen-bond donors (Lipinski definition) is 2. The second-order valence-corrected chi connectivity index (χ2v) is 5.10. The van der Waals surface area contributed by atoms with E-state index in [1.807, 2.05) is 13.2 Å². The second-order valence-electron chi connectivity index (χ2n) is 4.23. The molecule has 0 fully saturated rings. The number of carbonyl (C=O) groups excluding carboxylic acids is 1. The molecule has 0 saturated carbocycles. The maximum atomic E-state index is 11.7. The summed E-state index contributed by atoms with van der Waals surface area (Å²) in [6, 6.07) is 3.44. The summed E-state index contributed by atoms with van der Waals surface area (Å²) in [5.41, 5.74) is -0.894. The number of carbonyl (C=O) groups is 1. The minimum Gasteiger partial charge on any atom is -0.456 e. The molecule has 0 unspecified atom stereocenters. The molecule has 1 aromatic heterocycles. The van der Waals surface area contributed by atoms with Crippen molar-refractivity contribution in [3.63, 3.8) is 0 Å². The normalized spacial score (nSPS) is 14.4. The van der Waals surface area contributed by atoms with Crippen LogP contribution in [0, 0.1) is 0 Å². The number of hydrogen-bond acceptors (Lipinski definition) is 4. The third-order valence-electron chi connectivity index (χ3n) is 2.32. The van der Waals surface area contributed by atoms with E-state index in [0.717, 1.165) is 12.2 Å². The molecule has 0 bridgehead atoms. The first-order chi connectivity index (χ1) is 7.98. The summed E-state index contributed by atoms with van der Waals surface area (Å²) < 4.78 is 5.32. The molecule has 1 atom stereocenters. The minimum absolute atomic E-state index is 0.217. The van der Waals surface area contributed by atoms with Crippen LogP contribution in [0.2, 0.25) is 0 Å². The molecular weight excluding hydrogens is 238 g/mol. The predicted octanol–water partition coefficient (Wildman–Crippen LogP) is 1.69. The first kappa shape index (κ1) is 14.1. The van der Waals surface area contributed by atoms with Gasteiger partial charge in [0, 0.05) is 18.7 Å². The Labute approximate surface area is 106 Å². The number of thioether (sulfide) groups is 1. The Morgan fingerprint density at radius 1 is 1.59 bits per heavy atom. The van der Waals surface area contributed by atoms with Gasteiger partial charge in [0.25, 0.3) is 5.91 Å². The van der Waals surface area contributed by atoms with E-state index >= 15 is 0 Å². The van der Waals surface area contributed by atoms with Gasteiger partial charge in [-0.15, -0.1) is 0 Å². The smallest absolute Gasteiger partial charge is 0.287 e. The summed E-state index contributed by atoms with van der Waals surface area (Å²) in [5, 5.41) is 12.6. The predicted molar refractivity (Wildman–Crippen MR) is 69.4 cm³/mol. The van der Waals surface area contributed by atoms with Gasteiger partial charge in [-0.05, 0) is 25.3 Å². The Bertz CT molecular complexity index is 374. The molecule has 2 N–H and O–H groups in total. The van der Waals surface area contributed by atoms with E-state index in [4.69, 9.17) is 4.42 Å². The Kier molecular flexibility index (Phi) is 5.08. The standard InChI is InChI=1S/C12H19NO3S/c1-4-9-5-6-10(16-9)11(14)13-7-12(2,15)8-17-3/h5-6,15H,4,7-8H2,1-3H3,(H,13,14)/t12-/m0/s1. The third-order valence-corrected chi connectivity index (χ3v) is 3.23. The van der Waals surface area contributed by atoms with Crippen LogP contribution >= 0.6 is 11.8 Å². The SMILES string of the molecule is CCc1ccc(C(=O)NC[C@](C)(O)CSC)o1. The highest BCUT2D eigenvalue weighted by molar-refractivity contribution is 7.98. The quantitative estimate of drug-likeness (QED) is 0.814. The highest BCUT2D eigenvalue weighted by Crippen LogP contribution is 2.11. The summed E-state index contributed by atoms with van der Waals surface area (Å²) in [6.45, 7) is 3.88. The van der Waals surface area contributed by atoms with E-state index in [1.165, 1.54) is 11.8 Å². The Morgan fingerprint density at radius 3 is 2.82 bits per heavy atom. The fraction of sp³-hybridized carbons (Fsp3) is 0.583.